The van der Waals surface area contributed by atoms with Crippen LogP contribution in [-0.4, -0.2) is 21.9 Å². The molecule has 4 aromatic rings. The molecule has 0 aliphatic carbocycles. The largest absolute Gasteiger partial charge is 0.348 e. The van der Waals surface area contributed by atoms with Crippen LogP contribution in [-0.2, 0) is 6.42 Å². The number of benzene rings is 3. The number of fused-ring (bicyclic) bond motifs is 1. The summed E-state index contributed by atoms with van der Waals surface area (Å²) >= 11 is 12.1. The van der Waals surface area contributed by atoms with Gasteiger partial charge in [-0.15, -0.1) is 0 Å². The summed E-state index contributed by atoms with van der Waals surface area (Å²) in [7, 11) is 0. The summed E-state index contributed by atoms with van der Waals surface area (Å²) in [4.78, 5) is 31.7. The monoisotopic (exact) mass is 465 g/mol. The minimum Gasteiger partial charge on any atom is -0.348 e. The number of carbonyl (C=O) groups excluding carboxylic acids is 1. The maximum Gasteiger partial charge on any atom is 0.346 e. The van der Waals surface area contributed by atoms with E-state index in [0.29, 0.717) is 27.4 Å². The topological polar surface area (TPSA) is 74.8 Å². The van der Waals surface area contributed by atoms with Crippen molar-refractivity contribution in [2.24, 2.45) is 0 Å². The van der Waals surface area contributed by atoms with Gasteiger partial charge in [0.25, 0.3) is 5.91 Å². The molecule has 0 saturated carbocycles. The molecule has 0 bridgehead atoms. The van der Waals surface area contributed by atoms with Gasteiger partial charge in [0.2, 0.25) is 0 Å². The maximum absolute atomic E-state index is 13.1. The van der Waals surface area contributed by atoms with Crippen LogP contribution in [0.4, 0.5) is 0 Å². The Labute approximate surface area is 195 Å². The molecule has 1 aromatic heterocycles. The molecule has 2 atom stereocenters. The smallest absolute Gasteiger partial charge is 0.346 e. The molecule has 4 rings (SSSR count). The molecule has 5 nitrogen and oxygen atoms in total. The Morgan fingerprint density at radius 2 is 1.59 bits per heavy atom. The minimum absolute atomic E-state index is 0.0364. The standard InChI is InChI=1S/C25H21Cl2N3O2/c1-15(28-24(31)23-20-4-2-3-5-22(20)29-25(32)30-23)21(17-8-12-19(27)13-9-17)14-16-6-10-18(26)11-7-16/h2-13,15,21H,14H2,1H3,(H,28,31)(H,29,30,32). The van der Waals surface area contributed by atoms with Crippen molar-refractivity contribution in [2.45, 2.75) is 25.3 Å². The van der Waals surface area contributed by atoms with E-state index in [-0.39, 0.29) is 17.7 Å². The molecular formula is C25H21Cl2N3O2. The number of halogens is 2. The average Bonchev–Trinajstić information content (AvgIpc) is 2.78. The summed E-state index contributed by atoms with van der Waals surface area (Å²) in [6.07, 6.45) is 0.684. The van der Waals surface area contributed by atoms with E-state index in [9.17, 15) is 9.59 Å². The van der Waals surface area contributed by atoms with Gasteiger partial charge < -0.3 is 10.3 Å². The number of para-hydroxylation sites is 1. The van der Waals surface area contributed by atoms with Gasteiger partial charge in [-0.3, -0.25) is 4.79 Å². The Balaban J connectivity index is 1.64. The van der Waals surface area contributed by atoms with Crippen molar-refractivity contribution < 1.29 is 4.79 Å². The Morgan fingerprint density at radius 3 is 2.28 bits per heavy atom. The molecule has 0 aliphatic rings. The summed E-state index contributed by atoms with van der Waals surface area (Å²) in [5.74, 6) is -0.430. The molecule has 0 aliphatic heterocycles. The average molecular weight is 466 g/mol. The number of aromatic amines is 1. The number of aromatic nitrogens is 2. The predicted molar refractivity (Wildman–Crippen MR) is 129 cm³/mol. The van der Waals surface area contributed by atoms with Crippen LogP contribution in [0.3, 0.4) is 0 Å². The van der Waals surface area contributed by atoms with Crippen molar-refractivity contribution >= 4 is 40.0 Å². The molecule has 2 unspecified atom stereocenters. The van der Waals surface area contributed by atoms with E-state index in [1.54, 1.807) is 24.3 Å². The molecule has 2 N–H and O–H groups in total. The van der Waals surface area contributed by atoms with Crippen LogP contribution in [0.2, 0.25) is 10.0 Å². The summed E-state index contributed by atoms with van der Waals surface area (Å²) in [5.41, 5.74) is 2.26. The molecule has 32 heavy (non-hydrogen) atoms. The number of rotatable bonds is 6. The fourth-order valence-corrected chi connectivity index (χ4v) is 4.07. The Bertz CT molecular complexity index is 1300. The van der Waals surface area contributed by atoms with E-state index < -0.39 is 11.6 Å². The fourth-order valence-electron chi connectivity index (χ4n) is 3.82. The highest BCUT2D eigenvalue weighted by molar-refractivity contribution is 6.30. The van der Waals surface area contributed by atoms with Gasteiger partial charge in [-0.25, -0.2) is 4.79 Å². The number of amides is 1. The summed E-state index contributed by atoms with van der Waals surface area (Å²) in [6.45, 7) is 1.95. The van der Waals surface area contributed by atoms with Gasteiger partial charge in [-0.05, 0) is 54.8 Å². The Morgan fingerprint density at radius 1 is 0.969 bits per heavy atom. The van der Waals surface area contributed by atoms with Crippen LogP contribution in [0.15, 0.2) is 77.6 Å². The Kier molecular flexibility index (Phi) is 6.58. The molecule has 0 radical (unpaired) electrons. The predicted octanol–water partition coefficient (Wildman–Crippen LogP) is 5.37. The van der Waals surface area contributed by atoms with E-state index in [0.717, 1.165) is 11.1 Å². The first-order chi connectivity index (χ1) is 15.4. The Hall–Kier alpha value is -3.15. The fraction of sp³-hybridized carbons (Fsp3) is 0.160. The van der Waals surface area contributed by atoms with Crippen molar-refractivity contribution in [1.29, 1.82) is 0 Å². The van der Waals surface area contributed by atoms with E-state index in [1.807, 2.05) is 55.5 Å². The molecule has 7 heteroatoms. The second-order valence-corrected chi connectivity index (χ2v) is 8.56. The van der Waals surface area contributed by atoms with E-state index in [4.69, 9.17) is 23.2 Å². The second kappa shape index (κ2) is 9.55. The van der Waals surface area contributed by atoms with Gasteiger partial charge in [0.15, 0.2) is 0 Å². The normalized spacial score (nSPS) is 13.0. The molecule has 0 spiro atoms. The van der Waals surface area contributed by atoms with Crippen molar-refractivity contribution in [3.05, 3.63) is 110 Å². The van der Waals surface area contributed by atoms with Crippen molar-refractivity contribution in [1.82, 2.24) is 15.3 Å². The quantitative estimate of drug-likeness (QED) is 0.401. The highest BCUT2D eigenvalue weighted by Gasteiger charge is 2.24. The van der Waals surface area contributed by atoms with Gasteiger partial charge in [-0.2, -0.15) is 4.98 Å². The third-order valence-corrected chi connectivity index (χ3v) is 5.99. The lowest BCUT2D eigenvalue weighted by atomic mass is 9.86. The van der Waals surface area contributed by atoms with Crippen molar-refractivity contribution in [3.63, 3.8) is 0 Å². The summed E-state index contributed by atoms with van der Waals surface area (Å²) in [5, 5.41) is 4.96. The lowest BCUT2D eigenvalue weighted by Crippen LogP contribution is -2.39. The zero-order chi connectivity index (χ0) is 22.7. The SMILES string of the molecule is CC(NC(=O)c1nc(=O)[nH]c2ccccc12)C(Cc1ccc(Cl)cc1)c1ccc(Cl)cc1. The number of nitrogens with one attached hydrogen (secondary N) is 2. The number of carbonyl (C=O) groups is 1. The third kappa shape index (κ3) is 5.01. The second-order valence-electron chi connectivity index (χ2n) is 7.69. The summed E-state index contributed by atoms with van der Waals surface area (Å²) < 4.78 is 0. The van der Waals surface area contributed by atoms with Crippen LogP contribution >= 0.6 is 23.2 Å². The molecule has 3 aromatic carbocycles. The van der Waals surface area contributed by atoms with Crippen molar-refractivity contribution in [2.75, 3.05) is 0 Å². The van der Waals surface area contributed by atoms with Gasteiger partial charge in [-0.1, -0.05) is 65.7 Å². The number of hydrogen-bond donors (Lipinski definition) is 2. The first-order valence-electron chi connectivity index (χ1n) is 10.2. The van der Waals surface area contributed by atoms with Crippen LogP contribution in [0.1, 0.15) is 34.5 Å². The third-order valence-electron chi connectivity index (χ3n) is 5.48. The van der Waals surface area contributed by atoms with Gasteiger partial charge in [0.05, 0.1) is 5.52 Å². The first-order valence-corrected chi connectivity index (χ1v) is 11.0. The molecule has 162 valence electrons. The van der Waals surface area contributed by atoms with E-state index >= 15 is 0 Å². The van der Waals surface area contributed by atoms with Crippen LogP contribution < -0.4 is 11.0 Å². The van der Waals surface area contributed by atoms with Gasteiger partial charge >= 0.3 is 5.69 Å². The lowest BCUT2D eigenvalue weighted by molar-refractivity contribution is 0.0930. The molecule has 0 fully saturated rings. The van der Waals surface area contributed by atoms with Gasteiger partial charge in [0.1, 0.15) is 5.69 Å². The highest BCUT2D eigenvalue weighted by Crippen LogP contribution is 2.27. The first kappa shape index (κ1) is 22.1. The van der Waals surface area contributed by atoms with E-state index in [1.165, 1.54) is 0 Å². The van der Waals surface area contributed by atoms with Gasteiger partial charge in [0, 0.05) is 27.4 Å². The number of nitrogens with zero attached hydrogens (tertiary/aromatic N) is 1. The zero-order valence-electron chi connectivity index (χ0n) is 17.3. The van der Waals surface area contributed by atoms with E-state index in [2.05, 4.69) is 15.3 Å². The zero-order valence-corrected chi connectivity index (χ0v) is 18.8. The maximum atomic E-state index is 13.1. The van der Waals surface area contributed by atoms with Crippen LogP contribution in [0.25, 0.3) is 10.9 Å². The molecule has 0 saturated heterocycles. The summed E-state index contributed by atoms with van der Waals surface area (Å²) in [6, 6.07) is 22.1. The number of hydrogen-bond acceptors (Lipinski definition) is 3. The number of H-pyrrole nitrogens is 1. The molecular weight excluding hydrogens is 445 g/mol. The molecule has 1 heterocycles. The lowest BCUT2D eigenvalue weighted by Gasteiger charge is -2.26. The van der Waals surface area contributed by atoms with Crippen LogP contribution in [0, 0.1) is 0 Å². The minimum atomic E-state index is -0.558. The van der Waals surface area contributed by atoms with Crippen LogP contribution in [0.5, 0.6) is 0 Å². The molecule has 1 amide bonds. The van der Waals surface area contributed by atoms with Crippen molar-refractivity contribution in [3.8, 4) is 0 Å². The highest BCUT2D eigenvalue weighted by atomic mass is 35.5.